The molecule has 2 rings (SSSR count). The summed E-state index contributed by atoms with van der Waals surface area (Å²) in [6.07, 6.45) is 10.5. The standard InChI is InChI=1S/C16H28N4/c1-13(2)9-17-10-14-11-19-16(12-18-14)20(3)15-7-5-4-6-8-15/h11-13,15,17H,4-10H2,1-3H3. The predicted octanol–water partition coefficient (Wildman–Crippen LogP) is 2.99. The summed E-state index contributed by atoms with van der Waals surface area (Å²) in [5.74, 6) is 1.67. The maximum atomic E-state index is 4.57. The number of aromatic nitrogens is 2. The van der Waals surface area contributed by atoms with E-state index in [1.807, 2.05) is 12.4 Å². The van der Waals surface area contributed by atoms with Gasteiger partial charge in [0.05, 0.1) is 18.1 Å². The predicted molar refractivity (Wildman–Crippen MR) is 83.9 cm³/mol. The maximum absolute atomic E-state index is 4.57. The van der Waals surface area contributed by atoms with Gasteiger partial charge in [-0.25, -0.2) is 4.98 Å². The molecule has 0 bridgehead atoms. The highest BCUT2D eigenvalue weighted by Gasteiger charge is 2.19. The molecule has 1 N–H and O–H groups in total. The third kappa shape index (κ3) is 4.44. The van der Waals surface area contributed by atoms with Gasteiger partial charge in [0.15, 0.2) is 0 Å². The first-order valence-electron chi connectivity index (χ1n) is 7.91. The van der Waals surface area contributed by atoms with Crippen LogP contribution < -0.4 is 10.2 Å². The molecular weight excluding hydrogens is 248 g/mol. The maximum Gasteiger partial charge on any atom is 0.147 e. The van der Waals surface area contributed by atoms with E-state index >= 15 is 0 Å². The van der Waals surface area contributed by atoms with Gasteiger partial charge in [0, 0.05) is 19.6 Å². The largest absolute Gasteiger partial charge is 0.355 e. The van der Waals surface area contributed by atoms with E-state index in [0.29, 0.717) is 12.0 Å². The molecule has 0 radical (unpaired) electrons. The molecule has 1 heterocycles. The smallest absolute Gasteiger partial charge is 0.147 e. The van der Waals surface area contributed by atoms with Gasteiger partial charge >= 0.3 is 0 Å². The molecule has 1 aliphatic rings. The van der Waals surface area contributed by atoms with Crippen molar-refractivity contribution >= 4 is 5.82 Å². The molecule has 1 saturated carbocycles. The lowest BCUT2D eigenvalue weighted by molar-refractivity contribution is 0.425. The summed E-state index contributed by atoms with van der Waals surface area (Å²) in [7, 11) is 2.15. The SMILES string of the molecule is CC(C)CNCc1cnc(N(C)C2CCCCC2)cn1. The Morgan fingerprint density at radius 1 is 1.20 bits per heavy atom. The Bertz CT molecular complexity index is 382. The van der Waals surface area contributed by atoms with Gasteiger partial charge in [0.25, 0.3) is 0 Å². The third-order valence-electron chi connectivity index (χ3n) is 4.03. The molecule has 20 heavy (non-hydrogen) atoms. The van der Waals surface area contributed by atoms with E-state index in [1.165, 1.54) is 32.1 Å². The van der Waals surface area contributed by atoms with E-state index in [1.54, 1.807) is 0 Å². The molecular formula is C16H28N4. The lowest BCUT2D eigenvalue weighted by Gasteiger charge is -2.31. The fourth-order valence-electron chi connectivity index (χ4n) is 2.77. The van der Waals surface area contributed by atoms with E-state index in [2.05, 4.69) is 41.1 Å². The van der Waals surface area contributed by atoms with Crippen LogP contribution in [0.5, 0.6) is 0 Å². The fraction of sp³-hybridized carbons (Fsp3) is 0.750. The zero-order chi connectivity index (χ0) is 14.4. The molecule has 0 saturated heterocycles. The normalized spacial score (nSPS) is 16.6. The molecule has 0 amide bonds. The Morgan fingerprint density at radius 2 is 1.95 bits per heavy atom. The summed E-state index contributed by atoms with van der Waals surface area (Å²) in [6.45, 7) is 6.24. The average molecular weight is 276 g/mol. The van der Waals surface area contributed by atoms with Crippen LogP contribution >= 0.6 is 0 Å². The van der Waals surface area contributed by atoms with E-state index < -0.39 is 0 Å². The molecule has 1 fully saturated rings. The van der Waals surface area contributed by atoms with Crippen molar-refractivity contribution < 1.29 is 0 Å². The Hall–Kier alpha value is -1.16. The second kappa shape index (κ2) is 7.58. The first-order chi connectivity index (χ1) is 9.66. The number of nitrogens with one attached hydrogen (secondary N) is 1. The second-order valence-corrected chi connectivity index (χ2v) is 6.29. The minimum Gasteiger partial charge on any atom is -0.355 e. The lowest BCUT2D eigenvalue weighted by Crippen LogP contribution is -2.34. The van der Waals surface area contributed by atoms with Crippen LogP contribution in [0.1, 0.15) is 51.6 Å². The highest BCUT2D eigenvalue weighted by atomic mass is 15.2. The van der Waals surface area contributed by atoms with Crippen LogP contribution in [0.25, 0.3) is 0 Å². The van der Waals surface area contributed by atoms with Crippen molar-refractivity contribution in [2.45, 2.75) is 58.5 Å². The van der Waals surface area contributed by atoms with Gasteiger partial charge in [0.1, 0.15) is 5.82 Å². The Kier molecular flexibility index (Phi) is 5.77. The summed E-state index contributed by atoms with van der Waals surface area (Å²) >= 11 is 0. The lowest BCUT2D eigenvalue weighted by atomic mass is 9.94. The quantitative estimate of drug-likeness (QED) is 0.867. The highest BCUT2D eigenvalue weighted by molar-refractivity contribution is 5.36. The van der Waals surface area contributed by atoms with Gasteiger partial charge in [-0.2, -0.15) is 0 Å². The van der Waals surface area contributed by atoms with Crippen molar-refractivity contribution in [3.8, 4) is 0 Å². The van der Waals surface area contributed by atoms with Crippen LogP contribution in [0.4, 0.5) is 5.82 Å². The van der Waals surface area contributed by atoms with Crippen LogP contribution in [0.15, 0.2) is 12.4 Å². The molecule has 1 aromatic heterocycles. The first-order valence-corrected chi connectivity index (χ1v) is 7.91. The molecule has 112 valence electrons. The van der Waals surface area contributed by atoms with Crippen LogP contribution in [-0.4, -0.2) is 29.6 Å². The summed E-state index contributed by atoms with van der Waals surface area (Å²) in [4.78, 5) is 11.4. The second-order valence-electron chi connectivity index (χ2n) is 6.29. The number of hydrogen-bond acceptors (Lipinski definition) is 4. The summed E-state index contributed by atoms with van der Waals surface area (Å²) in [5.41, 5.74) is 1.02. The number of hydrogen-bond donors (Lipinski definition) is 1. The minimum atomic E-state index is 0.642. The van der Waals surface area contributed by atoms with Crippen molar-refractivity contribution in [1.29, 1.82) is 0 Å². The Morgan fingerprint density at radius 3 is 2.55 bits per heavy atom. The number of rotatable bonds is 6. The zero-order valence-electron chi connectivity index (χ0n) is 13.1. The van der Waals surface area contributed by atoms with Gasteiger partial charge in [-0.3, -0.25) is 4.98 Å². The summed E-state index contributed by atoms with van der Waals surface area (Å²) in [5, 5.41) is 3.40. The first kappa shape index (κ1) is 15.2. The van der Waals surface area contributed by atoms with E-state index in [9.17, 15) is 0 Å². The van der Waals surface area contributed by atoms with Crippen molar-refractivity contribution in [2.24, 2.45) is 5.92 Å². The average Bonchev–Trinajstić information content (AvgIpc) is 2.48. The van der Waals surface area contributed by atoms with Crippen LogP contribution in [-0.2, 0) is 6.54 Å². The number of anilines is 1. The van der Waals surface area contributed by atoms with Gasteiger partial charge < -0.3 is 10.2 Å². The topological polar surface area (TPSA) is 41.1 Å². The number of nitrogens with zero attached hydrogens (tertiary/aromatic N) is 3. The van der Waals surface area contributed by atoms with Crippen LogP contribution in [0.2, 0.25) is 0 Å². The molecule has 0 unspecified atom stereocenters. The van der Waals surface area contributed by atoms with Gasteiger partial charge in [-0.05, 0) is 25.3 Å². The summed E-state index contributed by atoms with van der Waals surface area (Å²) in [6, 6.07) is 0.642. The molecule has 4 nitrogen and oxygen atoms in total. The van der Waals surface area contributed by atoms with Gasteiger partial charge in [0.2, 0.25) is 0 Å². The van der Waals surface area contributed by atoms with E-state index in [4.69, 9.17) is 0 Å². The molecule has 0 aliphatic heterocycles. The van der Waals surface area contributed by atoms with E-state index in [-0.39, 0.29) is 0 Å². The van der Waals surface area contributed by atoms with Crippen molar-refractivity contribution in [2.75, 3.05) is 18.5 Å². The highest BCUT2D eigenvalue weighted by Crippen LogP contribution is 2.24. The van der Waals surface area contributed by atoms with Crippen LogP contribution in [0, 0.1) is 5.92 Å². The minimum absolute atomic E-state index is 0.642. The summed E-state index contributed by atoms with van der Waals surface area (Å²) < 4.78 is 0. The van der Waals surface area contributed by atoms with Crippen molar-refractivity contribution in [1.82, 2.24) is 15.3 Å². The molecule has 0 spiro atoms. The van der Waals surface area contributed by atoms with Gasteiger partial charge in [-0.15, -0.1) is 0 Å². The molecule has 0 aromatic carbocycles. The van der Waals surface area contributed by atoms with E-state index in [0.717, 1.165) is 24.6 Å². The zero-order valence-corrected chi connectivity index (χ0v) is 13.1. The van der Waals surface area contributed by atoms with Crippen molar-refractivity contribution in [3.63, 3.8) is 0 Å². The monoisotopic (exact) mass is 276 g/mol. The molecule has 4 heteroatoms. The Labute approximate surface area is 123 Å². The van der Waals surface area contributed by atoms with Crippen LogP contribution in [0.3, 0.4) is 0 Å². The molecule has 1 aliphatic carbocycles. The van der Waals surface area contributed by atoms with Gasteiger partial charge in [-0.1, -0.05) is 33.1 Å². The third-order valence-corrected chi connectivity index (χ3v) is 4.03. The molecule has 0 atom stereocenters. The molecule has 1 aromatic rings. The van der Waals surface area contributed by atoms with Crippen molar-refractivity contribution in [3.05, 3.63) is 18.1 Å². The fourth-order valence-corrected chi connectivity index (χ4v) is 2.77. The Balaban J connectivity index is 1.86.